The first-order valence-corrected chi connectivity index (χ1v) is 6.90. The largest absolute Gasteiger partial charge is 0.462 e. The molecule has 0 bridgehead atoms. The van der Waals surface area contributed by atoms with Crippen molar-refractivity contribution in [3.05, 3.63) is 24.0 Å². The fourth-order valence-corrected chi connectivity index (χ4v) is 1.92. The SMILES string of the molecule is Cc1cncc(OC(C(=O)OC(C)(C)C)N2CCC2)c1. The van der Waals surface area contributed by atoms with Crippen molar-refractivity contribution in [2.45, 2.75) is 45.9 Å². The summed E-state index contributed by atoms with van der Waals surface area (Å²) in [6.45, 7) is 9.20. The first kappa shape index (κ1) is 14.8. The molecule has 0 N–H and O–H groups in total. The van der Waals surface area contributed by atoms with Crippen LogP contribution in [-0.4, -0.2) is 40.8 Å². The molecule has 1 aromatic rings. The summed E-state index contributed by atoms with van der Waals surface area (Å²) in [5.41, 5.74) is 0.475. The van der Waals surface area contributed by atoms with Crippen molar-refractivity contribution in [2.75, 3.05) is 13.1 Å². The highest BCUT2D eigenvalue weighted by Crippen LogP contribution is 2.20. The molecule has 110 valence electrons. The van der Waals surface area contributed by atoms with Crippen LogP contribution in [0.25, 0.3) is 0 Å². The van der Waals surface area contributed by atoms with E-state index in [9.17, 15) is 4.79 Å². The lowest BCUT2D eigenvalue weighted by Crippen LogP contribution is -2.53. The highest BCUT2D eigenvalue weighted by molar-refractivity contribution is 5.75. The number of ether oxygens (including phenoxy) is 2. The number of nitrogens with zero attached hydrogens (tertiary/aromatic N) is 2. The van der Waals surface area contributed by atoms with Crippen molar-refractivity contribution < 1.29 is 14.3 Å². The molecule has 0 radical (unpaired) electrons. The van der Waals surface area contributed by atoms with E-state index in [4.69, 9.17) is 9.47 Å². The number of likely N-dealkylation sites (tertiary alicyclic amines) is 1. The van der Waals surface area contributed by atoms with Crippen LogP contribution in [0.2, 0.25) is 0 Å². The summed E-state index contributed by atoms with van der Waals surface area (Å²) in [7, 11) is 0. The summed E-state index contributed by atoms with van der Waals surface area (Å²) in [5, 5.41) is 0. The van der Waals surface area contributed by atoms with Crippen molar-refractivity contribution in [3.63, 3.8) is 0 Å². The molecule has 2 rings (SSSR count). The van der Waals surface area contributed by atoms with Crippen molar-refractivity contribution >= 4 is 5.97 Å². The monoisotopic (exact) mass is 278 g/mol. The average Bonchev–Trinajstić information content (AvgIpc) is 2.23. The number of esters is 1. The van der Waals surface area contributed by atoms with Crippen molar-refractivity contribution in [2.24, 2.45) is 0 Å². The Bertz CT molecular complexity index is 478. The summed E-state index contributed by atoms with van der Waals surface area (Å²) >= 11 is 0. The Morgan fingerprint density at radius 1 is 1.35 bits per heavy atom. The topological polar surface area (TPSA) is 51.7 Å². The minimum absolute atomic E-state index is 0.348. The molecule has 0 spiro atoms. The fourth-order valence-electron chi connectivity index (χ4n) is 1.92. The van der Waals surface area contributed by atoms with Gasteiger partial charge in [-0.2, -0.15) is 0 Å². The maximum atomic E-state index is 12.3. The molecule has 5 nitrogen and oxygen atoms in total. The number of carbonyl (C=O) groups excluding carboxylic acids is 1. The minimum Gasteiger partial charge on any atom is -0.462 e. The molecule has 0 saturated carbocycles. The number of pyridine rings is 1. The Balaban J connectivity index is 2.09. The molecule has 1 aromatic heterocycles. The van der Waals surface area contributed by atoms with Gasteiger partial charge in [-0.15, -0.1) is 0 Å². The molecule has 5 heteroatoms. The zero-order chi connectivity index (χ0) is 14.8. The quantitative estimate of drug-likeness (QED) is 0.790. The summed E-state index contributed by atoms with van der Waals surface area (Å²) in [6.07, 6.45) is 3.75. The maximum Gasteiger partial charge on any atom is 0.363 e. The van der Waals surface area contributed by atoms with E-state index in [1.165, 1.54) is 0 Å². The molecular formula is C15H22N2O3. The molecule has 1 aliphatic rings. The van der Waals surface area contributed by atoms with E-state index in [2.05, 4.69) is 4.98 Å². The van der Waals surface area contributed by atoms with E-state index in [1.54, 1.807) is 12.4 Å². The molecule has 1 atom stereocenters. The summed E-state index contributed by atoms with van der Waals surface area (Å²) in [6, 6.07) is 1.87. The van der Waals surface area contributed by atoms with E-state index in [-0.39, 0.29) is 5.97 Å². The number of hydrogen-bond donors (Lipinski definition) is 0. The highest BCUT2D eigenvalue weighted by Gasteiger charge is 2.35. The van der Waals surface area contributed by atoms with Gasteiger partial charge in [0.2, 0.25) is 0 Å². The van der Waals surface area contributed by atoms with Gasteiger partial charge in [-0.1, -0.05) is 0 Å². The molecule has 1 fully saturated rings. The molecule has 1 unspecified atom stereocenters. The predicted molar refractivity (Wildman–Crippen MR) is 75.4 cm³/mol. The lowest BCUT2D eigenvalue weighted by molar-refractivity contribution is -0.176. The Kier molecular flexibility index (Phi) is 4.28. The van der Waals surface area contributed by atoms with Crippen LogP contribution in [0.4, 0.5) is 0 Å². The fraction of sp³-hybridized carbons (Fsp3) is 0.600. The number of hydrogen-bond acceptors (Lipinski definition) is 5. The molecule has 1 saturated heterocycles. The van der Waals surface area contributed by atoms with Crippen LogP contribution < -0.4 is 4.74 Å². The third-order valence-electron chi connectivity index (χ3n) is 2.93. The van der Waals surface area contributed by atoms with Crippen LogP contribution in [0.3, 0.4) is 0 Å². The zero-order valence-electron chi connectivity index (χ0n) is 12.5. The molecule has 0 aliphatic carbocycles. The Hall–Kier alpha value is -1.62. The van der Waals surface area contributed by atoms with Crippen LogP contribution >= 0.6 is 0 Å². The predicted octanol–water partition coefficient (Wildman–Crippen LogP) is 2.14. The van der Waals surface area contributed by atoms with Crippen LogP contribution in [0.1, 0.15) is 32.8 Å². The van der Waals surface area contributed by atoms with Gasteiger partial charge in [0.05, 0.1) is 6.20 Å². The van der Waals surface area contributed by atoms with Gasteiger partial charge < -0.3 is 9.47 Å². The zero-order valence-corrected chi connectivity index (χ0v) is 12.5. The highest BCUT2D eigenvalue weighted by atomic mass is 16.6. The second-order valence-corrected chi connectivity index (χ2v) is 6.09. The molecular weight excluding hydrogens is 256 g/mol. The van der Waals surface area contributed by atoms with E-state index in [1.807, 2.05) is 38.7 Å². The maximum absolute atomic E-state index is 12.3. The van der Waals surface area contributed by atoms with Gasteiger partial charge in [0, 0.05) is 19.3 Å². The Labute approximate surface area is 119 Å². The van der Waals surface area contributed by atoms with Crippen LogP contribution in [0, 0.1) is 6.92 Å². The normalized spacial score (nSPS) is 17.2. The van der Waals surface area contributed by atoms with Gasteiger partial charge in [-0.25, -0.2) is 4.79 Å². The number of aryl methyl sites for hydroxylation is 1. The number of carbonyl (C=O) groups is 1. The van der Waals surface area contributed by atoms with Gasteiger partial charge in [0.15, 0.2) is 0 Å². The molecule has 0 aromatic carbocycles. The van der Waals surface area contributed by atoms with E-state index < -0.39 is 11.8 Å². The van der Waals surface area contributed by atoms with Crippen LogP contribution in [-0.2, 0) is 9.53 Å². The Morgan fingerprint density at radius 3 is 2.55 bits per heavy atom. The first-order chi connectivity index (χ1) is 9.35. The molecule has 20 heavy (non-hydrogen) atoms. The van der Waals surface area contributed by atoms with Crippen molar-refractivity contribution in [3.8, 4) is 5.75 Å². The second kappa shape index (κ2) is 5.79. The van der Waals surface area contributed by atoms with Crippen molar-refractivity contribution in [1.29, 1.82) is 0 Å². The van der Waals surface area contributed by atoms with Gasteiger partial charge in [0.1, 0.15) is 11.4 Å². The van der Waals surface area contributed by atoms with Gasteiger partial charge in [-0.05, 0) is 45.7 Å². The number of aromatic nitrogens is 1. The van der Waals surface area contributed by atoms with Gasteiger partial charge in [0.25, 0.3) is 6.23 Å². The minimum atomic E-state index is -0.688. The third-order valence-corrected chi connectivity index (χ3v) is 2.93. The second-order valence-electron chi connectivity index (χ2n) is 6.09. The summed E-state index contributed by atoms with van der Waals surface area (Å²) < 4.78 is 11.2. The van der Waals surface area contributed by atoms with E-state index in [0.717, 1.165) is 25.1 Å². The van der Waals surface area contributed by atoms with Gasteiger partial charge >= 0.3 is 5.97 Å². The number of rotatable bonds is 4. The van der Waals surface area contributed by atoms with E-state index in [0.29, 0.717) is 5.75 Å². The molecule has 0 amide bonds. The molecule has 1 aliphatic heterocycles. The van der Waals surface area contributed by atoms with Crippen molar-refractivity contribution in [1.82, 2.24) is 9.88 Å². The lowest BCUT2D eigenvalue weighted by atomic mass is 10.2. The standard InChI is InChI=1S/C15H22N2O3/c1-11-8-12(10-16-9-11)19-13(17-6-5-7-17)14(18)20-15(2,3)4/h8-10,13H,5-7H2,1-4H3. The van der Waals surface area contributed by atoms with Gasteiger partial charge in [-0.3, -0.25) is 9.88 Å². The average molecular weight is 278 g/mol. The van der Waals surface area contributed by atoms with Crippen LogP contribution in [0.5, 0.6) is 5.75 Å². The lowest BCUT2D eigenvalue weighted by Gasteiger charge is -2.37. The third kappa shape index (κ3) is 3.93. The first-order valence-electron chi connectivity index (χ1n) is 6.90. The smallest absolute Gasteiger partial charge is 0.363 e. The van der Waals surface area contributed by atoms with Crippen LogP contribution in [0.15, 0.2) is 18.5 Å². The van der Waals surface area contributed by atoms with E-state index >= 15 is 0 Å². The Morgan fingerprint density at radius 2 is 2.05 bits per heavy atom. The summed E-state index contributed by atoms with van der Waals surface area (Å²) in [5.74, 6) is 0.242. The summed E-state index contributed by atoms with van der Waals surface area (Å²) in [4.78, 5) is 18.3. The molecule has 2 heterocycles.